The largest absolute Gasteiger partial charge is 0.419 e. The fourth-order valence-electron chi connectivity index (χ4n) is 1.85. The molecule has 0 amide bonds. The molecule has 0 heterocycles. The minimum atomic E-state index is -4.96. The Hall–Kier alpha value is -1.51. The molecule has 0 atom stereocenters. The highest BCUT2D eigenvalue weighted by Gasteiger charge is 2.34. The van der Waals surface area contributed by atoms with Crippen molar-refractivity contribution in [1.29, 1.82) is 0 Å². The maximum Gasteiger partial charge on any atom is 0.419 e. The van der Waals surface area contributed by atoms with Gasteiger partial charge >= 0.3 is 6.18 Å². The number of halogens is 6. The maximum absolute atomic E-state index is 13.2. The Morgan fingerprint density at radius 1 is 1.04 bits per heavy atom. The number of benzene rings is 2. The van der Waals surface area contributed by atoms with Gasteiger partial charge in [-0.3, -0.25) is 4.72 Å². The minimum absolute atomic E-state index is 0.198. The normalized spacial score (nSPS) is 12.3. The van der Waals surface area contributed by atoms with Crippen LogP contribution in [0.4, 0.5) is 23.2 Å². The van der Waals surface area contributed by atoms with Crippen LogP contribution in [0.15, 0.2) is 35.2 Å². The van der Waals surface area contributed by atoms with E-state index in [1.165, 1.54) is 19.1 Å². The zero-order valence-corrected chi connectivity index (χ0v) is 14.2. The van der Waals surface area contributed by atoms with Crippen molar-refractivity contribution in [2.75, 3.05) is 4.72 Å². The van der Waals surface area contributed by atoms with Gasteiger partial charge in [0.05, 0.1) is 10.6 Å². The summed E-state index contributed by atoms with van der Waals surface area (Å²) < 4.78 is 77.9. The summed E-state index contributed by atoms with van der Waals surface area (Å²) in [7, 11) is -4.29. The SMILES string of the molecule is Cc1cc(S(=O)(=O)Nc2ccc(F)c(C(F)(F)F)c2)c(Cl)cc1Cl. The Morgan fingerprint density at radius 2 is 1.67 bits per heavy atom. The van der Waals surface area contributed by atoms with E-state index in [0.717, 1.165) is 6.07 Å². The first kappa shape index (κ1) is 18.8. The third-order valence-electron chi connectivity index (χ3n) is 3.03. The van der Waals surface area contributed by atoms with E-state index in [-0.39, 0.29) is 14.9 Å². The Kier molecular flexibility index (Phi) is 5.03. The first-order chi connectivity index (χ1) is 10.9. The molecule has 3 nitrogen and oxygen atoms in total. The zero-order chi connectivity index (χ0) is 18.3. The van der Waals surface area contributed by atoms with Gasteiger partial charge in [-0.25, -0.2) is 12.8 Å². The average Bonchev–Trinajstić information content (AvgIpc) is 2.43. The van der Waals surface area contributed by atoms with Crippen molar-refractivity contribution in [3.05, 3.63) is 57.3 Å². The van der Waals surface area contributed by atoms with E-state index in [2.05, 4.69) is 0 Å². The van der Waals surface area contributed by atoms with Crippen molar-refractivity contribution in [2.45, 2.75) is 18.0 Å². The summed E-state index contributed by atoms with van der Waals surface area (Å²) in [4.78, 5) is -0.357. The van der Waals surface area contributed by atoms with E-state index in [1.54, 1.807) is 0 Å². The highest BCUT2D eigenvalue weighted by atomic mass is 35.5. The second kappa shape index (κ2) is 6.42. The maximum atomic E-state index is 13.2. The predicted octanol–water partition coefficient (Wildman–Crippen LogP) is 5.26. The summed E-state index contributed by atoms with van der Waals surface area (Å²) >= 11 is 11.7. The van der Waals surface area contributed by atoms with E-state index in [1.807, 2.05) is 4.72 Å². The number of hydrogen-bond acceptors (Lipinski definition) is 2. The number of alkyl halides is 3. The van der Waals surface area contributed by atoms with Gasteiger partial charge in [0.1, 0.15) is 10.7 Å². The molecule has 0 fully saturated rings. The third-order valence-corrected chi connectivity index (χ3v) is 5.28. The second-order valence-electron chi connectivity index (χ2n) is 4.83. The van der Waals surface area contributed by atoms with Crippen molar-refractivity contribution in [3.63, 3.8) is 0 Å². The number of rotatable bonds is 3. The molecule has 0 radical (unpaired) electrons. The quantitative estimate of drug-likeness (QED) is 0.712. The Morgan fingerprint density at radius 3 is 2.25 bits per heavy atom. The van der Waals surface area contributed by atoms with Crippen LogP contribution in [0.1, 0.15) is 11.1 Å². The minimum Gasteiger partial charge on any atom is -0.280 e. The summed E-state index contributed by atoms with van der Waals surface area (Å²) in [6.07, 6.45) is -4.96. The van der Waals surface area contributed by atoms with Gasteiger partial charge in [-0.05, 0) is 42.8 Å². The van der Waals surface area contributed by atoms with E-state index in [9.17, 15) is 26.0 Å². The zero-order valence-electron chi connectivity index (χ0n) is 11.9. The Labute approximate surface area is 145 Å². The van der Waals surface area contributed by atoms with Crippen molar-refractivity contribution < 1.29 is 26.0 Å². The van der Waals surface area contributed by atoms with Gasteiger partial charge in [-0.1, -0.05) is 23.2 Å². The standard InChI is InChI=1S/C14H9Cl2F4NO2S/c1-7-4-13(11(16)6-10(7)15)24(22,23)21-8-2-3-12(17)9(5-8)14(18,19)20/h2-6,21H,1H3. The van der Waals surface area contributed by atoms with Gasteiger partial charge in [0.2, 0.25) is 0 Å². The molecule has 2 rings (SSSR count). The summed E-state index contributed by atoms with van der Waals surface area (Å²) in [5.74, 6) is -1.51. The average molecular weight is 402 g/mol. The molecule has 1 N–H and O–H groups in total. The third kappa shape index (κ3) is 3.93. The van der Waals surface area contributed by atoms with Gasteiger partial charge in [0.15, 0.2) is 0 Å². The molecule has 0 aromatic heterocycles. The summed E-state index contributed by atoms with van der Waals surface area (Å²) in [6.45, 7) is 1.54. The lowest BCUT2D eigenvalue weighted by molar-refractivity contribution is -0.139. The molecule has 0 aliphatic rings. The fourth-order valence-corrected chi connectivity index (χ4v) is 3.74. The van der Waals surface area contributed by atoms with Crippen LogP contribution in [0.3, 0.4) is 0 Å². The van der Waals surface area contributed by atoms with E-state index < -0.39 is 33.3 Å². The van der Waals surface area contributed by atoms with Crippen LogP contribution >= 0.6 is 23.2 Å². The molecule has 0 saturated carbocycles. The predicted molar refractivity (Wildman–Crippen MR) is 83.4 cm³/mol. The van der Waals surface area contributed by atoms with E-state index in [0.29, 0.717) is 17.7 Å². The molecular formula is C14H9Cl2F4NO2S. The van der Waals surface area contributed by atoms with Crippen molar-refractivity contribution in [2.24, 2.45) is 0 Å². The van der Waals surface area contributed by atoms with E-state index in [4.69, 9.17) is 23.2 Å². The van der Waals surface area contributed by atoms with Crippen LogP contribution in [0.2, 0.25) is 10.0 Å². The number of aryl methyl sites for hydroxylation is 1. The monoisotopic (exact) mass is 401 g/mol. The van der Waals surface area contributed by atoms with Crippen LogP contribution in [0.5, 0.6) is 0 Å². The van der Waals surface area contributed by atoms with Gasteiger partial charge in [0, 0.05) is 10.7 Å². The number of anilines is 1. The molecule has 24 heavy (non-hydrogen) atoms. The molecule has 0 spiro atoms. The summed E-state index contributed by atoms with van der Waals surface area (Å²) in [5, 5.41) is 0.0383. The molecular weight excluding hydrogens is 393 g/mol. The lowest BCUT2D eigenvalue weighted by Gasteiger charge is -2.13. The first-order valence-electron chi connectivity index (χ1n) is 6.27. The molecule has 2 aromatic rings. The first-order valence-corrected chi connectivity index (χ1v) is 8.51. The highest BCUT2D eigenvalue weighted by molar-refractivity contribution is 7.92. The van der Waals surface area contributed by atoms with E-state index >= 15 is 0 Å². The summed E-state index contributed by atoms with van der Waals surface area (Å²) in [6, 6.07) is 4.15. The van der Waals surface area contributed by atoms with Crippen LogP contribution in [-0.4, -0.2) is 8.42 Å². The van der Waals surface area contributed by atoms with Crippen LogP contribution in [0, 0.1) is 12.7 Å². The van der Waals surface area contributed by atoms with Crippen molar-refractivity contribution in [3.8, 4) is 0 Å². The van der Waals surface area contributed by atoms with Gasteiger partial charge in [-0.15, -0.1) is 0 Å². The Bertz CT molecular complexity index is 898. The molecule has 0 aliphatic heterocycles. The summed E-state index contributed by atoms with van der Waals surface area (Å²) in [5.41, 5.74) is -1.62. The lowest BCUT2D eigenvalue weighted by Crippen LogP contribution is -2.15. The van der Waals surface area contributed by atoms with Crippen molar-refractivity contribution in [1.82, 2.24) is 0 Å². The second-order valence-corrected chi connectivity index (χ2v) is 7.29. The van der Waals surface area contributed by atoms with Crippen LogP contribution in [-0.2, 0) is 16.2 Å². The smallest absolute Gasteiger partial charge is 0.280 e. The topological polar surface area (TPSA) is 46.2 Å². The number of hydrogen-bond donors (Lipinski definition) is 1. The number of sulfonamides is 1. The molecule has 0 aliphatic carbocycles. The van der Waals surface area contributed by atoms with Crippen LogP contribution in [0.25, 0.3) is 0 Å². The molecule has 0 unspecified atom stereocenters. The molecule has 0 saturated heterocycles. The molecule has 0 bridgehead atoms. The van der Waals surface area contributed by atoms with Gasteiger partial charge in [-0.2, -0.15) is 13.2 Å². The molecule has 2 aromatic carbocycles. The molecule has 130 valence electrons. The fraction of sp³-hybridized carbons (Fsp3) is 0.143. The highest BCUT2D eigenvalue weighted by Crippen LogP contribution is 2.34. The number of nitrogens with one attached hydrogen (secondary N) is 1. The van der Waals surface area contributed by atoms with Crippen LogP contribution < -0.4 is 4.72 Å². The molecule has 10 heteroatoms. The Balaban J connectivity index is 2.46. The van der Waals surface area contributed by atoms with Gasteiger partial charge < -0.3 is 0 Å². The van der Waals surface area contributed by atoms with Crippen molar-refractivity contribution >= 4 is 38.9 Å². The van der Waals surface area contributed by atoms with Gasteiger partial charge in [0.25, 0.3) is 10.0 Å². The lowest BCUT2D eigenvalue weighted by atomic mass is 10.2.